The van der Waals surface area contributed by atoms with Crippen LogP contribution in [0.2, 0.25) is 0 Å². The zero-order valence-electron chi connectivity index (χ0n) is 4.25. The quantitative estimate of drug-likeness (QED) is 0.438. The maximum absolute atomic E-state index is 9.87. The highest BCUT2D eigenvalue weighted by atomic mass is 32.1. The molecule has 0 radical (unpaired) electrons. The summed E-state index contributed by atoms with van der Waals surface area (Å²) in [7, 11) is 0. The fourth-order valence-electron chi connectivity index (χ4n) is 0.123. The second-order valence-corrected chi connectivity index (χ2v) is 1.63. The first kappa shape index (κ1) is 7.23. The number of carbonyl (C=O) groups is 1. The molecule has 0 heterocycles. The largest absolute Gasteiger partial charge is 0.497 e. The lowest BCUT2D eigenvalue weighted by Gasteiger charge is -1.78. The van der Waals surface area contributed by atoms with Crippen LogP contribution in [-0.2, 0) is 20.7 Å². The minimum Gasteiger partial charge on any atom is -0.478 e. The second-order valence-electron chi connectivity index (χ2n) is 1.20. The zero-order valence-corrected chi connectivity index (χ0v) is 5.07. The second kappa shape index (κ2) is 3.26. The van der Waals surface area contributed by atoms with Crippen molar-refractivity contribution in [1.82, 2.24) is 0 Å². The van der Waals surface area contributed by atoms with Crippen LogP contribution in [0.1, 0.15) is 6.92 Å². The van der Waals surface area contributed by atoms with Gasteiger partial charge in [-0.15, -0.1) is 0 Å². The summed E-state index contributed by atoms with van der Waals surface area (Å²) in [5, 5.41) is 9.14. The molecule has 0 amide bonds. The molecule has 0 unspecified atom stereocenters. The molecule has 44 valence electrons. The normalized spacial score (nSPS) is 10.9. The Kier molecular flexibility index (Phi) is 2.95. The smallest absolute Gasteiger partial charge is 0.478 e. The monoisotopic (exact) mass is 133 g/mol. The van der Waals surface area contributed by atoms with Crippen LogP contribution in [0.4, 0.5) is 0 Å². The van der Waals surface area contributed by atoms with Gasteiger partial charge in [-0.25, -0.2) is 4.79 Å². The number of rotatable bonds is 2. The average Bonchev–Trinajstić information content (AvgIpc) is 1.67. The van der Waals surface area contributed by atoms with Crippen LogP contribution >= 0.6 is 0 Å². The summed E-state index contributed by atoms with van der Waals surface area (Å²) in [5.74, 6) is -1.05. The molecule has 0 rings (SSSR count). The first-order valence-corrected chi connectivity index (χ1v) is 2.67. The lowest BCUT2D eigenvalue weighted by molar-refractivity contribution is -0.132. The molecule has 8 heavy (non-hydrogen) atoms. The fraction of sp³-hybridized carbons (Fsp3) is 0.250. The van der Waals surface area contributed by atoms with Gasteiger partial charge in [-0.3, -0.25) is 0 Å². The van der Waals surface area contributed by atoms with Crippen molar-refractivity contribution in [3.63, 3.8) is 0 Å². The predicted molar refractivity (Wildman–Crippen MR) is 29.4 cm³/mol. The maximum Gasteiger partial charge on any atom is 0.497 e. The highest BCUT2D eigenvalue weighted by molar-refractivity contribution is 7.68. The van der Waals surface area contributed by atoms with Gasteiger partial charge in [0, 0.05) is 4.21 Å². The first-order valence-electron chi connectivity index (χ1n) is 1.87. The summed E-state index contributed by atoms with van der Waals surface area (Å²) in [4.78, 5) is 9.87. The standard InChI is InChI=1S/C4H4O3S/c1-3(2-8-7)4(5)6/h2H,1H3/p+1. The van der Waals surface area contributed by atoms with Crippen LogP contribution in [0.25, 0.3) is 0 Å². The lowest BCUT2D eigenvalue weighted by Crippen LogP contribution is -1.94. The Morgan fingerprint density at radius 3 is 2.38 bits per heavy atom. The van der Waals surface area contributed by atoms with E-state index in [-0.39, 0.29) is 17.2 Å². The van der Waals surface area contributed by atoms with Gasteiger partial charge < -0.3 is 5.11 Å². The fourth-order valence-corrected chi connectivity index (χ4v) is 0.368. The number of carboxylic acids is 1. The summed E-state index contributed by atoms with van der Waals surface area (Å²) < 4.78 is 9.62. The van der Waals surface area contributed by atoms with Gasteiger partial charge in [0.25, 0.3) is 5.41 Å². The van der Waals surface area contributed by atoms with Crippen molar-refractivity contribution < 1.29 is 14.1 Å². The number of hydrogen-bond acceptors (Lipinski definition) is 2. The van der Waals surface area contributed by atoms with Crippen LogP contribution in [0, 0.1) is 0 Å². The van der Waals surface area contributed by atoms with Crippen molar-refractivity contribution in [3.8, 4) is 0 Å². The summed E-state index contributed by atoms with van der Waals surface area (Å²) in [6.07, 6.45) is 0. The van der Waals surface area contributed by atoms with Crippen molar-refractivity contribution in [2.45, 2.75) is 6.92 Å². The predicted octanol–water partition coefficient (Wildman–Crippen LogP) is 0.403. The van der Waals surface area contributed by atoms with Gasteiger partial charge in [0.2, 0.25) is 0 Å². The molecule has 0 spiro atoms. The molecule has 0 atom stereocenters. The van der Waals surface area contributed by atoms with E-state index >= 15 is 0 Å². The third kappa shape index (κ3) is 2.41. The van der Waals surface area contributed by atoms with Gasteiger partial charge in [0.05, 0.1) is 5.57 Å². The molecule has 0 aliphatic heterocycles. The van der Waals surface area contributed by atoms with E-state index in [1.54, 1.807) is 0 Å². The minimum absolute atomic E-state index is 0.0741. The summed E-state index contributed by atoms with van der Waals surface area (Å²) in [6.45, 7) is 1.37. The third-order valence-corrected chi connectivity index (χ3v) is 1.01. The Hall–Kier alpha value is -0.770. The van der Waals surface area contributed by atoms with E-state index in [0.717, 1.165) is 5.41 Å². The van der Waals surface area contributed by atoms with Crippen molar-refractivity contribution in [2.24, 2.45) is 0 Å². The third-order valence-electron chi connectivity index (χ3n) is 0.562. The Labute approximate surface area is 50.5 Å². The minimum atomic E-state index is -1.05. The molecule has 0 aliphatic rings. The Morgan fingerprint density at radius 2 is 2.25 bits per heavy atom. The Bertz CT molecular complexity index is 138. The highest BCUT2D eigenvalue weighted by Crippen LogP contribution is 1.88. The SMILES string of the molecule is CC(=C[S+]=O)C(=O)O. The molecule has 0 bridgehead atoms. The summed E-state index contributed by atoms with van der Waals surface area (Å²) in [6, 6.07) is 0. The van der Waals surface area contributed by atoms with Crippen LogP contribution in [0.3, 0.4) is 0 Å². The van der Waals surface area contributed by atoms with Gasteiger partial charge >= 0.3 is 17.6 Å². The molecule has 0 saturated carbocycles. The molecule has 0 aromatic carbocycles. The molecule has 4 heteroatoms. The van der Waals surface area contributed by atoms with Crippen molar-refractivity contribution in [1.29, 1.82) is 0 Å². The molecule has 1 N–H and O–H groups in total. The van der Waals surface area contributed by atoms with E-state index in [4.69, 9.17) is 5.11 Å². The molecule has 0 saturated heterocycles. The Morgan fingerprint density at radius 1 is 1.75 bits per heavy atom. The first-order chi connectivity index (χ1) is 3.68. The number of aliphatic carboxylic acids is 1. The van der Waals surface area contributed by atoms with E-state index in [0.29, 0.717) is 0 Å². The molecule has 0 aromatic rings. The average molecular weight is 133 g/mol. The highest BCUT2D eigenvalue weighted by Gasteiger charge is 2.03. The van der Waals surface area contributed by atoms with Gasteiger partial charge in [-0.1, -0.05) is 0 Å². The molecular formula is C4H5O3S+. The van der Waals surface area contributed by atoms with Crippen molar-refractivity contribution in [3.05, 3.63) is 11.0 Å². The van der Waals surface area contributed by atoms with Crippen molar-refractivity contribution >= 4 is 17.6 Å². The van der Waals surface area contributed by atoms with E-state index in [1.807, 2.05) is 0 Å². The van der Waals surface area contributed by atoms with Crippen molar-refractivity contribution in [2.75, 3.05) is 0 Å². The van der Waals surface area contributed by atoms with Crippen LogP contribution in [0.5, 0.6) is 0 Å². The molecular weight excluding hydrogens is 128 g/mol. The lowest BCUT2D eigenvalue weighted by atomic mass is 10.4. The maximum atomic E-state index is 9.87. The number of carboxylic acid groups (broad SMARTS) is 1. The zero-order chi connectivity index (χ0) is 6.57. The van der Waals surface area contributed by atoms with Gasteiger partial charge in [0.15, 0.2) is 0 Å². The Balaban J connectivity index is 3.99. The van der Waals surface area contributed by atoms with E-state index in [9.17, 15) is 9.00 Å². The van der Waals surface area contributed by atoms with E-state index in [2.05, 4.69) is 0 Å². The van der Waals surface area contributed by atoms with E-state index < -0.39 is 5.97 Å². The topological polar surface area (TPSA) is 54.4 Å². The number of hydrogen-bond donors (Lipinski definition) is 1. The van der Waals surface area contributed by atoms with Gasteiger partial charge in [0.1, 0.15) is 0 Å². The molecule has 0 fully saturated rings. The summed E-state index contributed by atoms with van der Waals surface area (Å²) >= 11 is 0.145. The summed E-state index contributed by atoms with van der Waals surface area (Å²) in [5.41, 5.74) is 0.0741. The van der Waals surface area contributed by atoms with E-state index in [1.165, 1.54) is 6.92 Å². The molecule has 0 aliphatic carbocycles. The van der Waals surface area contributed by atoms with Crippen LogP contribution in [0.15, 0.2) is 11.0 Å². The van der Waals surface area contributed by atoms with Gasteiger partial charge in [-0.05, 0) is 6.92 Å². The van der Waals surface area contributed by atoms with Gasteiger partial charge in [-0.2, -0.15) is 0 Å². The van der Waals surface area contributed by atoms with Crippen LogP contribution < -0.4 is 0 Å². The van der Waals surface area contributed by atoms with Crippen LogP contribution in [-0.4, -0.2) is 11.1 Å². The molecule has 3 nitrogen and oxygen atoms in total. The molecule has 0 aromatic heterocycles.